The SMILES string of the molecule is O=C(O)c1cnc(NCC(O)COc2ccc(C(F)(F)F)cc2)cn1. The van der Waals surface area contributed by atoms with E-state index in [4.69, 9.17) is 9.84 Å². The van der Waals surface area contributed by atoms with Gasteiger partial charge in [0, 0.05) is 6.54 Å². The van der Waals surface area contributed by atoms with Crippen LogP contribution >= 0.6 is 0 Å². The van der Waals surface area contributed by atoms with Gasteiger partial charge in [-0.2, -0.15) is 13.2 Å². The Hall–Kier alpha value is -2.88. The average Bonchev–Trinajstić information content (AvgIpc) is 2.58. The van der Waals surface area contributed by atoms with Gasteiger partial charge >= 0.3 is 12.1 Å². The Balaban J connectivity index is 1.78. The number of aromatic nitrogens is 2. The number of nitrogens with one attached hydrogen (secondary N) is 1. The van der Waals surface area contributed by atoms with Gasteiger partial charge in [0.25, 0.3) is 0 Å². The summed E-state index contributed by atoms with van der Waals surface area (Å²) >= 11 is 0. The van der Waals surface area contributed by atoms with Gasteiger partial charge in [-0.1, -0.05) is 0 Å². The molecule has 0 radical (unpaired) electrons. The van der Waals surface area contributed by atoms with Crippen molar-refractivity contribution in [2.24, 2.45) is 0 Å². The molecule has 0 saturated carbocycles. The standard InChI is InChI=1S/C15H14F3N3O4/c16-15(17,18)9-1-3-11(4-2-9)25-8-10(22)5-20-13-7-19-12(6-21-13)14(23)24/h1-4,6-7,10,22H,5,8H2,(H,20,21)(H,23,24). The maximum absolute atomic E-state index is 12.4. The number of nitrogens with zero attached hydrogens (tertiary/aromatic N) is 2. The van der Waals surface area contributed by atoms with Gasteiger partial charge in [-0.15, -0.1) is 0 Å². The van der Waals surface area contributed by atoms with Gasteiger partial charge in [-0.05, 0) is 24.3 Å². The minimum Gasteiger partial charge on any atom is -0.491 e. The van der Waals surface area contributed by atoms with E-state index in [1.807, 2.05) is 0 Å². The molecule has 0 spiro atoms. The first-order chi connectivity index (χ1) is 11.8. The highest BCUT2D eigenvalue weighted by molar-refractivity contribution is 5.84. The lowest BCUT2D eigenvalue weighted by Crippen LogP contribution is -2.26. The number of anilines is 1. The maximum Gasteiger partial charge on any atom is 0.416 e. The molecule has 3 N–H and O–H groups in total. The van der Waals surface area contributed by atoms with Gasteiger partial charge in [0.2, 0.25) is 0 Å². The predicted octanol–water partition coefficient (Wildman–Crippen LogP) is 2.05. The van der Waals surface area contributed by atoms with E-state index in [0.29, 0.717) is 0 Å². The quantitative estimate of drug-likeness (QED) is 0.696. The molecule has 0 bridgehead atoms. The maximum atomic E-state index is 12.4. The minimum absolute atomic E-state index is 0.0295. The van der Waals surface area contributed by atoms with Crippen LogP contribution in [-0.2, 0) is 6.18 Å². The molecule has 2 aromatic rings. The van der Waals surface area contributed by atoms with Gasteiger partial charge in [0.05, 0.1) is 18.0 Å². The third-order valence-corrected chi connectivity index (χ3v) is 3.01. The fraction of sp³-hybridized carbons (Fsp3) is 0.267. The molecule has 25 heavy (non-hydrogen) atoms. The Morgan fingerprint density at radius 3 is 2.40 bits per heavy atom. The van der Waals surface area contributed by atoms with Crippen molar-refractivity contribution in [1.29, 1.82) is 0 Å². The zero-order valence-electron chi connectivity index (χ0n) is 12.7. The summed E-state index contributed by atoms with van der Waals surface area (Å²) in [5.41, 5.74) is -0.998. The molecule has 134 valence electrons. The van der Waals surface area contributed by atoms with Crippen molar-refractivity contribution in [2.45, 2.75) is 12.3 Å². The van der Waals surface area contributed by atoms with Crippen LogP contribution in [0.5, 0.6) is 5.75 Å². The Bertz CT molecular complexity index is 705. The Morgan fingerprint density at radius 2 is 1.88 bits per heavy atom. The number of aliphatic hydroxyl groups is 1. The summed E-state index contributed by atoms with van der Waals surface area (Å²) in [7, 11) is 0. The highest BCUT2D eigenvalue weighted by Crippen LogP contribution is 2.30. The van der Waals surface area contributed by atoms with E-state index in [0.717, 1.165) is 18.3 Å². The molecule has 1 unspecified atom stereocenters. The van der Waals surface area contributed by atoms with Crippen LogP contribution in [0.2, 0.25) is 0 Å². The average molecular weight is 357 g/mol. The first-order valence-electron chi connectivity index (χ1n) is 7.03. The van der Waals surface area contributed by atoms with Crippen molar-refractivity contribution < 1.29 is 32.9 Å². The normalized spacial score (nSPS) is 12.5. The highest BCUT2D eigenvalue weighted by atomic mass is 19.4. The van der Waals surface area contributed by atoms with Crippen LogP contribution in [0.1, 0.15) is 16.1 Å². The lowest BCUT2D eigenvalue weighted by atomic mass is 10.2. The number of ether oxygens (including phenoxy) is 1. The largest absolute Gasteiger partial charge is 0.491 e. The number of carboxylic acids is 1. The van der Waals surface area contributed by atoms with Gasteiger partial charge in [-0.25, -0.2) is 14.8 Å². The molecule has 1 heterocycles. The number of aliphatic hydroxyl groups excluding tert-OH is 1. The van der Waals surface area contributed by atoms with Gasteiger partial charge in [-0.3, -0.25) is 0 Å². The van der Waals surface area contributed by atoms with E-state index < -0.39 is 23.8 Å². The van der Waals surface area contributed by atoms with Gasteiger partial charge in [0.1, 0.15) is 24.3 Å². The molecule has 0 aliphatic rings. The molecule has 1 atom stereocenters. The number of rotatable bonds is 7. The summed E-state index contributed by atoms with van der Waals surface area (Å²) in [6.45, 7) is -0.124. The Labute approximate surface area is 140 Å². The molecule has 0 fully saturated rings. The second-order valence-electron chi connectivity index (χ2n) is 4.96. The number of hydrogen-bond acceptors (Lipinski definition) is 6. The van der Waals surface area contributed by atoms with Crippen molar-refractivity contribution in [3.05, 3.63) is 47.9 Å². The second kappa shape index (κ2) is 7.79. The molecule has 2 rings (SSSR count). The van der Waals surface area contributed by atoms with E-state index in [1.54, 1.807) is 0 Å². The third kappa shape index (κ3) is 5.60. The zero-order chi connectivity index (χ0) is 18.4. The van der Waals surface area contributed by atoms with Crippen molar-refractivity contribution in [2.75, 3.05) is 18.5 Å². The molecule has 0 amide bonds. The second-order valence-corrected chi connectivity index (χ2v) is 4.96. The monoisotopic (exact) mass is 357 g/mol. The highest BCUT2D eigenvalue weighted by Gasteiger charge is 2.30. The van der Waals surface area contributed by atoms with Crippen molar-refractivity contribution >= 4 is 11.8 Å². The summed E-state index contributed by atoms with van der Waals surface area (Å²) < 4.78 is 42.5. The zero-order valence-corrected chi connectivity index (χ0v) is 12.7. The number of halogens is 3. The van der Waals surface area contributed by atoms with Crippen molar-refractivity contribution in [3.8, 4) is 5.75 Å². The number of alkyl halides is 3. The summed E-state index contributed by atoms with van der Waals surface area (Å²) in [5, 5.41) is 21.2. The number of carbonyl (C=O) groups is 1. The van der Waals surface area contributed by atoms with E-state index in [-0.39, 0.29) is 30.4 Å². The molecular formula is C15H14F3N3O4. The Kier molecular flexibility index (Phi) is 5.75. The van der Waals surface area contributed by atoms with Crippen LogP contribution in [0.25, 0.3) is 0 Å². The molecule has 0 aliphatic heterocycles. The lowest BCUT2D eigenvalue weighted by Gasteiger charge is -2.14. The van der Waals surface area contributed by atoms with Crippen LogP contribution in [0.3, 0.4) is 0 Å². The van der Waals surface area contributed by atoms with E-state index in [1.165, 1.54) is 18.3 Å². The number of benzene rings is 1. The molecule has 1 aromatic heterocycles. The van der Waals surface area contributed by atoms with Crippen molar-refractivity contribution in [1.82, 2.24) is 9.97 Å². The van der Waals surface area contributed by atoms with Crippen LogP contribution in [0, 0.1) is 0 Å². The van der Waals surface area contributed by atoms with Gasteiger partial charge < -0.3 is 20.3 Å². The first kappa shape index (κ1) is 18.5. The van der Waals surface area contributed by atoms with Crippen LogP contribution in [-0.4, -0.2) is 45.4 Å². The molecule has 0 saturated heterocycles. The number of aromatic carboxylic acids is 1. The van der Waals surface area contributed by atoms with E-state index >= 15 is 0 Å². The van der Waals surface area contributed by atoms with E-state index in [9.17, 15) is 23.1 Å². The molecule has 10 heteroatoms. The smallest absolute Gasteiger partial charge is 0.416 e. The topological polar surface area (TPSA) is 105 Å². The summed E-state index contributed by atoms with van der Waals surface area (Å²) in [6.07, 6.45) is -3.12. The lowest BCUT2D eigenvalue weighted by molar-refractivity contribution is -0.137. The van der Waals surface area contributed by atoms with Crippen LogP contribution < -0.4 is 10.1 Å². The minimum atomic E-state index is -4.42. The summed E-state index contributed by atoms with van der Waals surface area (Å²) in [4.78, 5) is 18.1. The third-order valence-electron chi connectivity index (χ3n) is 3.01. The summed E-state index contributed by atoms with van der Waals surface area (Å²) in [5.74, 6) is -0.750. The van der Waals surface area contributed by atoms with Crippen molar-refractivity contribution in [3.63, 3.8) is 0 Å². The number of carboxylic acid groups (broad SMARTS) is 1. The van der Waals surface area contributed by atoms with Gasteiger partial charge in [0.15, 0.2) is 5.69 Å². The molecular weight excluding hydrogens is 343 g/mol. The summed E-state index contributed by atoms with van der Waals surface area (Å²) in [6, 6.07) is 4.11. The fourth-order valence-corrected chi connectivity index (χ4v) is 1.74. The van der Waals surface area contributed by atoms with Crippen LogP contribution in [0.4, 0.5) is 19.0 Å². The molecule has 0 aliphatic carbocycles. The Morgan fingerprint density at radius 1 is 1.20 bits per heavy atom. The fourth-order valence-electron chi connectivity index (χ4n) is 1.74. The predicted molar refractivity (Wildman–Crippen MR) is 80.4 cm³/mol. The first-order valence-corrected chi connectivity index (χ1v) is 7.03. The molecule has 7 nitrogen and oxygen atoms in total. The van der Waals surface area contributed by atoms with E-state index in [2.05, 4.69) is 15.3 Å². The van der Waals surface area contributed by atoms with Crippen LogP contribution in [0.15, 0.2) is 36.7 Å². The number of hydrogen-bond donors (Lipinski definition) is 3. The molecule has 1 aromatic carbocycles.